The highest BCUT2D eigenvalue weighted by Gasteiger charge is 2.32. The number of hydrogen-bond donors (Lipinski definition) is 2. The van der Waals surface area contributed by atoms with Gasteiger partial charge >= 0.3 is 6.03 Å². The van der Waals surface area contributed by atoms with Crippen LogP contribution in [-0.4, -0.2) is 65.8 Å². The second-order valence-electron chi connectivity index (χ2n) is 8.63. The Morgan fingerprint density at radius 1 is 1.25 bits per heavy atom. The molecule has 1 heterocycles. The zero-order valence-corrected chi connectivity index (χ0v) is 16.1. The van der Waals surface area contributed by atoms with E-state index < -0.39 is 0 Å². The molecule has 0 aromatic rings. The Balaban J connectivity index is 1.79. The number of nitrogens with one attached hydrogen (secondary N) is 1. The number of piperidine rings is 1. The first-order chi connectivity index (χ1) is 11.3. The zero-order valence-electron chi connectivity index (χ0n) is 16.1. The molecule has 140 valence electrons. The van der Waals surface area contributed by atoms with Gasteiger partial charge in [-0.3, -0.25) is 4.90 Å². The number of amides is 2. The van der Waals surface area contributed by atoms with Crippen molar-refractivity contribution in [3.8, 4) is 0 Å². The molecule has 5 nitrogen and oxygen atoms in total. The summed E-state index contributed by atoms with van der Waals surface area (Å²) < 4.78 is 0. The summed E-state index contributed by atoms with van der Waals surface area (Å²) in [5.74, 6) is 1.18. The van der Waals surface area contributed by atoms with Crippen molar-refractivity contribution in [2.45, 2.75) is 70.9 Å². The Bertz CT molecular complexity index is 405. The molecule has 1 saturated carbocycles. The first-order valence-corrected chi connectivity index (χ1v) is 9.70. The molecule has 0 aromatic carbocycles. The third kappa shape index (κ3) is 5.09. The summed E-state index contributed by atoms with van der Waals surface area (Å²) in [6, 6.07) is 0.353. The fraction of sp³-hybridized carbons (Fsp3) is 0.947. The molecular formula is C19H37N3O2. The Hall–Kier alpha value is -0.810. The van der Waals surface area contributed by atoms with Gasteiger partial charge in [0.2, 0.25) is 0 Å². The molecule has 24 heavy (non-hydrogen) atoms. The summed E-state index contributed by atoms with van der Waals surface area (Å²) in [4.78, 5) is 16.9. The van der Waals surface area contributed by atoms with E-state index in [1.54, 1.807) is 0 Å². The number of carbonyl (C=O) groups is 1. The lowest BCUT2D eigenvalue weighted by Gasteiger charge is -2.43. The van der Waals surface area contributed by atoms with Gasteiger partial charge in [-0.25, -0.2) is 4.79 Å². The van der Waals surface area contributed by atoms with Crippen LogP contribution in [0.1, 0.15) is 59.3 Å². The maximum absolute atomic E-state index is 12.5. The largest absolute Gasteiger partial charge is 0.396 e. The molecule has 2 aliphatic rings. The molecule has 1 aliphatic carbocycles. The monoisotopic (exact) mass is 339 g/mol. The summed E-state index contributed by atoms with van der Waals surface area (Å²) in [7, 11) is 1.91. The summed E-state index contributed by atoms with van der Waals surface area (Å²) >= 11 is 0. The molecule has 2 amide bonds. The van der Waals surface area contributed by atoms with E-state index in [-0.39, 0.29) is 18.2 Å². The van der Waals surface area contributed by atoms with Crippen molar-refractivity contribution in [2.24, 2.45) is 11.8 Å². The Morgan fingerprint density at radius 2 is 1.92 bits per heavy atom. The molecule has 0 spiro atoms. The average molecular weight is 340 g/mol. The van der Waals surface area contributed by atoms with Gasteiger partial charge in [0.25, 0.3) is 0 Å². The fourth-order valence-corrected chi connectivity index (χ4v) is 4.15. The molecular weight excluding hydrogens is 302 g/mol. The van der Waals surface area contributed by atoms with Crippen LogP contribution in [0, 0.1) is 11.8 Å². The van der Waals surface area contributed by atoms with Gasteiger partial charge in [0.05, 0.1) is 0 Å². The molecule has 2 N–H and O–H groups in total. The number of aliphatic hydroxyl groups is 1. The van der Waals surface area contributed by atoms with E-state index in [0.29, 0.717) is 18.5 Å². The second kappa shape index (κ2) is 8.52. The predicted molar refractivity (Wildman–Crippen MR) is 98.0 cm³/mol. The van der Waals surface area contributed by atoms with Gasteiger partial charge in [0.1, 0.15) is 0 Å². The van der Waals surface area contributed by atoms with Crippen LogP contribution in [0.3, 0.4) is 0 Å². The predicted octanol–water partition coefficient (Wildman–Crippen LogP) is 2.69. The molecule has 0 bridgehead atoms. The van der Waals surface area contributed by atoms with Crippen LogP contribution in [0.2, 0.25) is 0 Å². The molecule has 5 heteroatoms. The number of urea groups is 1. The number of likely N-dealkylation sites (tertiary alicyclic amines) is 1. The van der Waals surface area contributed by atoms with Crippen molar-refractivity contribution >= 4 is 6.03 Å². The highest BCUT2D eigenvalue weighted by molar-refractivity contribution is 5.74. The van der Waals surface area contributed by atoms with Crippen LogP contribution in [0.25, 0.3) is 0 Å². The topological polar surface area (TPSA) is 55.8 Å². The van der Waals surface area contributed by atoms with Crippen LogP contribution in [0.15, 0.2) is 0 Å². The van der Waals surface area contributed by atoms with E-state index in [1.165, 1.54) is 12.8 Å². The SMILES string of the molecule is CC1CCCN(C(C)(C)CNC(=O)N(C)C2CCC(CO)CC2)C1. The molecule has 1 saturated heterocycles. The minimum Gasteiger partial charge on any atom is -0.396 e. The van der Waals surface area contributed by atoms with Crippen LogP contribution >= 0.6 is 0 Å². The molecule has 1 atom stereocenters. The lowest BCUT2D eigenvalue weighted by Crippen LogP contribution is -2.56. The molecule has 2 fully saturated rings. The maximum atomic E-state index is 12.5. The lowest BCUT2D eigenvalue weighted by molar-refractivity contribution is 0.0699. The summed E-state index contributed by atoms with van der Waals surface area (Å²) in [6.45, 7) is 10.0. The highest BCUT2D eigenvalue weighted by atomic mass is 16.3. The number of hydrogen-bond acceptors (Lipinski definition) is 3. The van der Waals surface area contributed by atoms with E-state index in [2.05, 4.69) is 31.0 Å². The van der Waals surface area contributed by atoms with Crippen molar-refractivity contribution in [1.29, 1.82) is 0 Å². The van der Waals surface area contributed by atoms with E-state index in [0.717, 1.165) is 44.7 Å². The van der Waals surface area contributed by atoms with E-state index >= 15 is 0 Å². The van der Waals surface area contributed by atoms with Gasteiger partial charge in [-0.1, -0.05) is 6.92 Å². The summed E-state index contributed by atoms with van der Waals surface area (Å²) in [5, 5.41) is 12.4. The summed E-state index contributed by atoms with van der Waals surface area (Å²) in [6.07, 6.45) is 6.63. The van der Waals surface area contributed by atoms with Crippen molar-refractivity contribution < 1.29 is 9.90 Å². The normalized spacial score (nSPS) is 29.3. The maximum Gasteiger partial charge on any atom is 0.317 e. The number of rotatable bonds is 5. The third-order valence-electron chi connectivity index (χ3n) is 6.13. The molecule has 2 rings (SSSR count). The minimum atomic E-state index is -0.000269. The molecule has 0 aromatic heterocycles. The van der Waals surface area contributed by atoms with Crippen LogP contribution < -0.4 is 5.32 Å². The first kappa shape index (κ1) is 19.5. The van der Waals surface area contributed by atoms with Crippen LogP contribution in [-0.2, 0) is 0 Å². The minimum absolute atomic E-state index is 0.000269. The van der Waals surface area contributed by atoms with E-state index in [9.17, 15) is 9.90 Å². The lowest BCUT2D eigenvalue weighted by atomic mass is 9.86. The summed E-state index contributed by atoms with van der Waals surface area (Å²) in [5.41, 5.74) is -0.000269. The van der Waals surface area contributed by atoms with Gasteiger partial charge in [0.15, 0.2) is 0 Å². The van der Waals surface area contributed by atoms with Gasteiger partial charge in [-0.05, 0) is 70.8 Å². The second-order valence-corrected chi connectivity index (χ2v) is 8.63. The van der Waals surface area contributed by atoms with Gasteiger partial charge in [0, 0.05) is 38.3 Å². The van der Waals surface area contributed by atoms with Crippen molar-refractivity contribution in [1.82, 2.24) is 15.1 Å². The van der Waals surface area contributed by atoms with Gasteiger partial charge in [-0.2, -0.15) is 0 Å². The number of nitrogens with zero attached hydrogens (tertiary/aromatic N) is 2. The molecule has 1 aliphatic heterocycles. The zero-order chi connectivity index (χ0) is 17.7. The average Bonchev–Trinajstić information content (AvgIpc) is 2.59. The van der Waals surface area contributed by atoms with Crippen molar-refractivity contribution in [2.75, 3.05) is 33.3 Å². The fourth-order valence-electron chi connectivity index (χ4n) is 4.15. The van der Waals surface area contributed by atoms with Gasteiger partial charge < -0.3 is 15.3 Å². The van der Waals surface area contributed by atoms with E-state index in [1.807, 2.05) is 11.9 Å². The molecule has 1 unspecified atom stereocenters. The van der Waals surface area contributed by atoms with Crippen molar-refractivity contribution in [3.63, 3.8) is 0 Å². The molecule has 0 radical (unpaired) electrons. The smallest absolute Gasteiger partial charge is 0.317 e. The Labute approximate surface area is 147 Å². The Kier molecular flexibility index (Phi) is 6.93. The number of aliphatic hydroxyl groups excluding tert-OH is 1. The van der Waals surface area contributed by atoms with Crippen LogP contribution in [0.4, 0.5) is 4.79 Å². The first-order valence-electron chi connectivity index (χ1n) is 9.70. The van der Waals surface area contributed by atoms with Gasteiger partial charge in [-0.15, -0.1) is 0 Å². The Morgan fingerprint density at radius 3 is 2.50 bits per heavy atom. The highest BCUT2D eigenvalue weighted by Crippen LogP contribution is 2.27. The van der Waals surface area contributed by atoms with Crippen LogP contribution in [0.5, 0.6) is 0 Å². The quantitative estimate of drug-likeness (QED) is 0.810. The third-order valence-corrected chi connectivity index (χ3v) is 6.13. The van der Waals surface area contributed by atoms with E-state index in [4.69, 9.17) is 0 Å². The van der Waals surface area contributed by atoms with Crippen molar-refractivity contribution in [3.05, 3.63) is 0 Å². The standard InChI is InChI=1S/C19H37N3O2/c1-15-6-5-11-22(12-15)19(2,3)14-20-18(24)21(4)17-9-7-16(13-23)8-10-17/h15-17,23H,5-14H2,1-4H3,(H,20,24). The number of carbonyl (C=O) groups excluding carboxylic acids is 1.